The van der Waals surface area contributed by atoms with E-state index in [4.69, 9.17) is 0 Å². The number of carbonyl (C=O) groups excluding carboxylic acids is 1. The first-order valence-corrected chi connectivity index (χ1v) is 6.59. The summed E-state index contributed by atoms with van der Waals surface area (Å²) in [5, 5.41) is 0. The van der Waals surface area contributed by atoms with Crippen molar-refractivity contribution in [1.29, 1.82) is 0 Å². The molecule has 0 saturated carbocycles. The summed E-state index contributed by atoms with van der Waals surface area (Å²) in [4.78, 5) is 14.2. The van der Waals surface area contributed by atoms with E-state index in [1.54, 1.807) is 6.92 Å². The summed E-state index contributed by atoms with van der Waals surface area (Å²) < 4.78 is 26.0. The van der Waals surface area contributed by atoms with E-state index in [0.29, 0.717) is 0 Å². The standard InChI is InChI=1S/C15H21F2NO/c1-5-6-10(2)18(4)11(3)15(19)12-7-8-13(16)14(17)9-12/h7-11H,5-6H2,1-4H3. The van der Waals surface area contributed by atoms with Crippen LogP contribution in [0.25, 0.3) is 0 Å². The third-order valence-electron chi connectivity index (χ3n) is 3.60. The van der Waals surface area contributed by atoms with Gasteiger partial charge in [-0.05, 0) is 45.5 Å². The fourth-order valence-corrected chi connectivity index (χ4v) is 2.08. The SMILES string of the molecule is CCCC(C)N(C)C(C)C(=O)c1ccc(F)c(F)c1. The highest BCUT2D eigenvalue weighted by molar-refractivity contribution is 5.99. The molecule has 0 spiro atoms. The van der Waals surface area contributed by atoms with E-state index in [9.17, 15) is 13.6 Å². The van der Waals surface area contributed by atoms with Gasteiger partial charge in [0.15, 0.2) is 17.4 Å². The van der Waals surface area contributed by atoms with Crippen molar-refractivity contribution >= 4 is 5.78 Å². The van der Waals surface area contributed by atoms with Crippen molar-refractivity contribution in [3.8, 4) is 0 Å². The molecule has 4 heteroatoms. The van der Waals surface area contributed by atoms with Gasteiger partial charge in [0, 0.05) is 11.6 Å². The van der Waals surface area contributed by atoms with Gasteiger partial charge in [0.2, 0.25) is 0 Å². The molecule has 0 aromatic heterocycles. The minimum atomic E-state index is -0.984. The molecular weight excluding hydrogens is 248 g/mol. The number of hydrogen-bond acceptors (Lipinski definition) is 2. The molecule has 1 aromatic rings. The molecule has 0 fully saturated rings. The zero-order valence-corrected chi connectivity index (χ0v) is 11.9. The molecular formula is C15H21F2NO. The first-order valence-electron chi connectivity index (χ1n) is 6.59. The Morgan fingerprint density at radius 2 is 1.89 bits per heavy atom. The second-order valence-electron chi connectivity index (χ2n) is 4.97. The fraction of sp³-hybridized carbons (Fsp3) is 0.533. The lowest BCUT2D eigenvalue weighted by Crippen LogP contribution is -2.41. The zero-order chi connectivity index (χ0) is 14.6. The van der Waals surface area contributed by atoms with Crippen LogP contribution in [0, 0.1) is 11.6 Å². The highest BCUT2D eigenvalue weighted by Gasteiger charge is 2.23. The first-order chi connectivity index (χ1) is 8.88. The molecule has 1 aromatic carbocycles. The molecule has 2 atom stereocenters. The average molecular weight is 269 g/mol. The number of likely N-dealkylation sites (N-methyl/N-ethyl adjacent to an activating group) is 1. The monoisotopic (exact) mass is 269 g/mol. The van der Waals surface area contributed by atoms with Gasteiger partial charge in [-0.3, -0.25) is 9.69 Å². The molecule has 0 N–H and O–H groups in total. The smallest absolute Gasteiger partial charge is 0.179 e. The molecule has 19 heavy (non-hydrogen) atoms. The summed E-state index contributed by atoms with van der Waals surface area (Å²) in [6.07, 6.45) is 2.03. The quantitative estimate of drug-likeness (QED) is 0.735. The molecule has 0 bridgehead atoms. The van der Waals surface area contributed by atoms with E-state index in [1.807, 2.05) is 11.9 Å². The van der Waals surface area contributed by atoms with E-state index in [1.165, 1.54) is 6.07 Å². The minimum absolute atomic E-state index is 0.190. The Hall–Kier alpha value is -1.29. The van der Waals surface area contributed by atoms with Crippen LogP contribution in [0.1, 0.15) is 44.0 Å². The maximum atomic E-state index is 13.1. The molecule has 106 valence electrons. The van der Waals surface area contributed by atoms with Gasteiger partial charge in [-0.15, -0.1) is 0 Å². The lowest BCUT2D eigenvalue weighted by atomic mass is 10.0. The van der Waals surface area contributed by atoms with Crippen molar-refractivity contribution in [3.05, 3.63) is 35.4 Å². The molecule has 0 amide bonds. The number of rotatable bonds is 6. The van der Waals surface area contributed by atoms with Crippen LogP contribution < -0.4 is 0 Å². The Bertz CT molecular complexity index is 448. The summed E-state index contributed by atoms with van der Waals surface area (Å²) in [6.45, 7) is 5.93. The lowest BCUT2D eigenvalue weighted by Gasteiger charge is -2.29. The van der Waals surface area contributed by atoms with Crippen LogP contribution >= 0.6 is 0 Å². The summed E-state index contributed by atoms with van der Waals surface area (Å²) in [7, 11) is 1.88. The predicted octanol–water partition coefficient (Wildman–Crippen LogP) is 3.66. The molecule has 2 unspecified atom stereocenters. The molecule has 0 heterocycles. The third-order valence-corrected chi connectivity index (χ3v) is 3.60. The van der Waals surface area contributed by atoms with Crippen molar-refractivity contribution < 1.29 is 13.6 Å². The lowest BCUT2D eigenvalue weighted by molar-refractivity contribution is 0.0819. The Labute approximate surface area is 113 Å². The Balaban J connectivity index is 2.84. The van der Waals surface area contributed by atoms with Gasteiger partial charge < -0.3 is 0 Å². The number of halogens is 2. The maximum Gasteiger partial charge on any atom is 0.179 e. The van der Waals surface area contributed by atoms with Crippen molar-refractivity contribution in [1.82, 2.24) is 4.90 Å². The Morgan fingerprint density at radius 3 is 2.42 bits per heavy atom. The number of ketones is 1. The Morgan fingerprint density at radius 1 is 1.26 bits per heavy atom. The van der Waals surface area contributed by atoms with Crippen molar-refractivity contribution in [3.63, 3.8) is 0 Å². The summed E-state index contributed by atoms with van der Waals surface area (Å²) in [6, 6.07) is 3.20. The van der Waals surface area contributed by atoms with Crippen LogP contribution in [0.15, 0.2) is 18.2 Å². The molecule has 2 nitrogen and oxygen atoms in total. The Kier molecular flexibility index (Phi) is 5.60. The molecule has 0 radical (unpaired) electrons. The van der Waals surface area contributed by atoms with Crippen molar-refractivity contribution in [2.45, 2.75) is 45.7 Å². The van der Waals surface area contributed by atoms with Crippen LogP contribution in [-0.4, -0.2) is 29.8 Å². The molecule has 0 aliphatic heterocycles. The van der Waals surface area contributed by atoms with Crippen LogP contribution in [0.2, 0.25) is 0 Å². The van der Waals surface area contributed by atoms with Crippen LogP contribution in [0.4, 0.5) is 8.78 Å². The first kappa shape index (κ1) is 15.8. The van der Waals surface area contributed by atoms with Gasteiger partial charge in [-0.2, -0.15) is 0 Å². The normalized spacial score (nSPS) is 14.5. The van der Waals surface area contributed by atoms with Gasteiger partial charge in [-0.1, -0.05) is 13.3 Å². The van der Waals surface area contributed by atoms with Crippen molar-refractivity contribution in [2.24, 2.45) is 0 Å². The van der Waals surface area contributed by atoms with Crippen LogP contribution in [-0.2, 0) is 0 Å². The molecule has 0 saturated heterocycles. The van der Waals surface area contributed by atoms with Gasteiger partial charge in [0.05, 0.1) is 6.04 Å². The topological polar surface area (TPSA) is 20.3 Å². The highest BCUT2D eigenvalue weighted by Crippen LogP contribution is 2.15. The number of hydrogen-bond donors (Lipinski definition) is 0. The highest BCUT2D eigenvalue weighted by atomic mass is 19.2. The second kappa shape index (κ2) is 6.75. The number of benzene rings is 1. The van der Waals surface area contributed by atoms with Gasteiger partial charge >= 0.3 is 0 Å². The third kappa shape index (κ3) is 3.83. The van der Waals surface area contributed by atoms with Gasteiger partial charge in [0.1, 0.15) is 0 Å². The van der Waals surface area contributed by atoms with Gasteiger partial charge in [-0.25, -0.2) is 8.78 Å². The molecule has 0 aliphatic carbocycles. The van der Waals surface area contributed by atoms with E-state index >= 15 is 0 Å². The van der Waals surface area contributed by atoms with Crippen LogP contribution in [0.3, 0.4) is 0 Å². The number of nitrogens with zero attached hydrogens (tertiary/aromatic N) is 1. The number of Topliss-reactive ketones (excluding diaryl/α,β-unsaturated/α-hetero) is 1. The van der Waals surface area contributed by atoms with E-state index in [0.717, 1.165) is 25.0 Å². The maximum absolute atomic E-state index is 13.1. The summed E-state index contributed by atoms with van der Waals surface area (Å²) >= 11 is 0. The van der Waals surface area contributed by atoms with Crippen molar-refractivity contribution in [2.75, 3.05) is 7.05 Å². The fourth-order valence-electron chi connectivity index (χ4n) is 2.08. The minimum Gasteiger partial charge on any atom is -0.294 e. The summed E-state index contributed by atoms with van der Waals surface area (Å²) in [5.41, 5.74) is 0.210. The largest absolute Gasteiger partial charge is 0.294 e. The molecule has 0 aliphatic rings. The predicted molar refractivity (Wildman–Crippen MR) is 72.3 cm³/mol. The molecule has 1 rings (SSSR count). The second-order valence-corrected chi connectivity index (χ2v) is 4.97. The van der Waals surface area contributed by atoms with E-state index in [-0.39, 0.29) is 23.4 Å². The van der Waals surface area contributed by atoms with E-state index in [2.05, 4.69) is 13.8 Å². The summed E-state index contributed by atoms with van der Waals surface area (Å²) in [5.74, 6) is -2.11. The van der Waals surface area contributed by atoms with Gasteiger partial charge in [0.25, 0.3) is 0 Å². The van der Waals surface area contributed by atoms with E-state index < -0.39 is 11.6 Å². The average Bonchev–Trinajstić information content (AvgIpc) is 2.39. The number of carbonyl (C=O) groups is 1. The van der Waals surface area contributed by atoms with Crippen LogP contribution in [0.5, 0.6) is 0 Å². The zero-order valence-electron chi connectivity index (χ0n) is 11.9.